The molecule has 0 aliphatic heterocycles. The molecule has 0 atom stereocenters. The molecule has 0 spiro atoms. The zero-order chi connectivity index (χ0) is 18.9. The van der Waals surface area contributed by atoms with Crippen molar-refractivity contribution in [2.75, 3.05) is 13.1 Å². The Hall–Kier alpha value is -2.44. The molecule has 2 N–H and O–H groups in total. The van der Waals surface area contributed by atoms with E-state index in [2.05, 4.69) is 20.8 Å². The van der Waals surface area contributed by atoms with Crippen molar-refractivity contribution in [2.45, 2.75) is 46.6 Å². The van der Waals surface area contributed by atoms with Crippen molar-refractivity contribution >= 4 is 5.96 Å². The summed E-state index contributed by atoms with van der Waals surface area (Å²) in [6.45, 7) is 7.62. The Morgan fingerprint density at radius 2 is 1.96 bits per heavy atom. The zero-order valence-corrected chi connectivity index (χ0v) is 15.5. The number of nitrogens with zero attached hydrogens (tertiary/aromatic N) is 2. The first-order valence-corrected chi connectivity index (χ1v) is 9.01. The average Bonchev–Trinajstić information content (AvgIpc) is 3.04. The Labute approximate surface area is 152 Å². The van der Waals surface area contributed by atoms with Crippen LogP contribution >= 0.6 is 0 Å². The number of rotatable bonds is 8. The maximum absolute atomic E-state index is 13.7. The molecule has 0 aliphatic carbocycles. The van der Waals surface area contributed by atoms with Gasteiger partial charge in [0.2, 0.25) is 0 Å². The van der Waals surface area contributed by atoms with E-state index in [1.54, 1.807) is 0 Å². The maximum atomic E-state index is 13.7. The van der Waals surface area contributed by atoms with E-state index in [9.17, 15) is 8.78 Å². The molecule has 2 aromatic rings. The second-order valence-electron chi connectivity index (χ2n) is 5.85. The molecule has 1 heterocycles. The first-order chi connectivity index (χ1) is 12.6. The lowest BCUT2D eigenvalue weighted by atomic mass is 10.1. The summed E-state index contributed by atoms with van der Waals surface area (Å²) < 4.78 is 32.3. The van der Waals surface area contributed by atoms with Crippen LogP contribution in [0, 0.1) is 11.6 Å². The Morgan fingerprint density at radius 3 is 2.65 bits per heavy atom. The molecule has 0 bridgehead atoms. The SMILES string of the molecule is CCNC(=NCc1c(CC)noc1CC)NCCc1cc(F)ccc1F. The number of aryl methyl sites for hydroxylation is 2. The fourth-order valence-corrected chi connectivity index (χ4v) is 2.67. The van der Waals surface area contributed by atoms with Crippen molar-refractivity contribution in [3.05, 3.63) is 52.4 Å². The van der Waals surface area contributed by atoms with Gasteiger partial charge in [-0.05, 0) is 43.5 Å². The molecule has 0 saturated heterocycles. The summed E-state index contributed by atoms with van der Waals surface area (Å²) in [5, 5.41) is 10.4. The summed E-state index contributed by atoms with van der Waals surface area (Å²) in [6.07, 6.45) is 1.92. The molecule has 0 unspecified atom stereocenters. The summed E-state index contributed by atoms with van der Waals surface area (Å²) in [7, 11) is 0. The number of hydrogen-bond donors (Lipinski definition) is 2. The van der Waals surface area contributed by atoms with E-state index in [4.69, 9.17) is 4.52 Å². The number of hydrogen-bond acceptors (Lipinski definition) is 3. The first kappa shape index (κ1) is 19.9. The first-order valence-electron chi connectivity index (χ1n) is 9.01. The lowest BCUT2D eigenvalue weighted by Gasteiger charge is -2.12. The number of nitrogens with one attached hydrogen (secondary N) is 2. The van der Waals surface area contributed by atoms with Gasteiger partial charge in [-0.25, -0.2) is 13.8 Å². The molecule has 0 saturated carbocycles. The summed E-state index contributed by atoms with van der Waals surface area (Å²) in [5.41, 5.74) is 2.28. The molecule has 1 aromatic carbocycles. The van der Waals surface area contributed by atoms with Gasteiger partial charge in [-0.3, -0.25) is 0 Å². The van der Waals surface area contributed by atoms with Gasteiger partial charge in [-0.1, -0.05) is 19.0 Å². The minimum absolute atomic E-state index is 0.342. The van der Waals surface area contributed by atoms with Crippen molar-refractivity contribution in [3.63, 3.8) is 0 Å². The highest BCUT2D eigenvalue weighted by Crippen LogP contribution is 2.16. The number of halogens is 2. The van der Waals surface area contributed by atoms with Crippen molar-refractivity contribution in [1.29, 1.82) is 0 Å². The van der Waals surface area contributed by atoms with Crippen LogP contribution in [0.2, 0.25) is 0 Å². The van der Waals surface area contributed by atoms with Gasteiger partial charge in [0, 0.05) is 25.1 Å². The molecule has 0 aliphatic rings. The molecule has 142 valence electrons. The van der Waals surface area contributed by atoms with E-state index in [0.717, 1.165) is 42.0 Å². The fourth-order valence-electron chi connectivity index (χ4n) is 2.67. The topological polar surface area (TPSA) is 62.5 Å². The molecule has 2 rings (SSSR count). The molecule has 1 aromatic heterocycles. The van der Waals surface area contributed by atoms with E-state index in [-0.39, 0.29) is 0 Å². The van der Waals surface area contributed by atoms with Crippen LogP contribution in [-0.4, -0.2) is 24.2 Å². The van der Waals surface area contributed by atoms with Gasteiger partial charge in [0.1, 0.15) is 17.4 Å². The van der Waals surface area contributed by atoms with Crippen LogP contribution < -0.4 is 10.6 Å². The third kappa shape index (κ3) is 5.28. The fraction of sp³-hybridized carbons (Fsp3) is 0.474. The average molecular weight is 364 g/mol. The quantitative estimate of drug-likeness (QED) is 0.557. The third-order valence-corrected chi connectivity index (χ3v) is 4.04. The van der Waals surface area contributed by atoms with Crippen LogP contribution in [0.4, 0.5) is 8.78 Å². The van der Waals surface area contributed by atoms with E-state index in [1.165, 1.54) is 6.07 Å². The summed E-state index contributed by atoms with van der Waals surface area (Å²) in [4.78, 5) is 4.57. The van der Waals surface area contributed by atoms with Gasteiger partial charge in [0.15, 0.2) is 5.96 Å². The number of aliphatic imine (C=N–C) groups is 1. The standard InChI is InChI=1S/C19H26F2N4O/c1-4-17-15(18(5-2)26-25-17)12-24-19(22-6-3)23-10-9-13-11-14(20)7-8-16(13)21/h7-8,11H,4-6,9-10,12H2,1-3H3,(H2,22,23,24). The maximum Gasteiger partial charge on any atom is 0.191 e. The monoisotopic (exact) mass is 364 g/mol. The summed E-state index contributed by atoms with van der Waals surface area (Å²) >= 11 is 0. The normalized spacial score (nSPS) is 11.7. The number of guanidine groups is 1. The molecule has 5 nitrogen and oxygen atoms in total. The van der Waals surface area contributed by atoms with E-state index in [1.807, 2.05) is 20.8 Å². The van der Waals surface area contributed by atoms with Crippen LogP contribution in [0.5, 0.6) is 0 Å². The second-order valence-corrected chi connectivity index (χ2v) is 5.85. The van der Waals surface area contributed by atoms with Gasteiger partial charge < -0.3 is 15.2 Å². The molecule has 0 fully saturated rings. The van der Waals surface area contributed by atoms with E-state index >= 15 is 0 Å². The van der Waals surface area contributed by atoms with Crippen LogP contribution in [-0.2, 0) is 25.8 Å². The smallest absolute Gasteiger partial charge is 0.191 e. The lowest BCUT2D eigenvalue weighted by Crippen LogP contribution is -2.38. The molecule has 26 heavy (non-hydrogen) atoms. The highest BCUT2D eigenvalue weighted by atomic mass is 19.1. The van der Waals surface area contributed by atoms with Gasteiger partial charge in [0.05, 0.1) is 12.2 Å². The van der Waals surface area contributed by atoms with E-state index < -0.39 is 11.6 Å². The molecule has 7 heteroatoms. The van der Waals surface area contributed by atoms with Gasteiger partial charge in [0.25, 0.3) is 0 Å². The molecule has 0 amide bonds. The minimum Gasteiger partial charge on any atom is -0.361 e. The molecular weight excluding hydrogens is 338 g/mol. The van der Waals surface area contributed by atoms with Gasteiger partial charge in [-0.15, -0.1) is 0 Å². The Balaban J connectivity index is 2.01. The van der Waals surface area contributed by atoms with Crippen molar-refractivity contribution in [1.82, 2.24) is 15.8 Å². The second kappa shape index (κ2) is 9.89. The number of benzene rings is 1. The van der Waals surface area contributed by atoms with Crippen LogP contribution in [0.3, 0.4) is 0 Å². The Kier molecular flexibility index (Phi) is 7.56. The molecular formula is C19H26F2N4O. The van der Waals surface area contributed by atoms with Gasteiger partial charge in [-0.2, -0.15) is 0 Å². The Morgan fingerprint density at radius 1 is 1.15 bits per heavy atom. The van der Waals surface area contributed by atoms with Crippen LogP contribution in [0.1, 0.15) is 43.4 Å². The van der Waals surface area contributed by atoms with Crippen LogP contribution in [0.15, 0.2) is 27.7 Å². The predicted octanol–water partition coefficient (Wildman–Crippen LogP) is 3.38. The highest BCUT2D eigenvalue weighted by Gasteiger charge is 2.13. The third-order valence-electron chi connectivity index (χ3n) is 4.04. The minimum atomic E-state index is -0.436. The lowest BCUT2D eigenvalue weighted by molar-refractivity contribution is 0.380. The predicted molar refractivity (Wildman–Crippen MR) is 98.1 cm³/mol. The summed E-state index contributed by atoms with van der Waals surface area (Å²) in [6, 6.07) is 3.49. The van der Waals surface area contributed by atoms with Crippen LogP contribution in [0.25, 0.3) is 0 Å². The Bertz CT molecular complexity index is 722. The largest absolute Gasteiger partial charge is 0.361 e. The van der Waals surface area contributed by atoms with Gasteiger partial charge >= 0.3 is 0 Å². The van der Waals surface area contributed by atoms with E-state index in [0.29, 0.717) is 37.6 Å². The van der Waals surface area contributed by atoms with Crippen molar-refractivity contribution < 1.29 is 13.3 Å². The summed E-state index contributed by atoms with van der Waals surface area (Å²) in [5.74, 6) is 0.631. The van der Waals surface area contributed by atoms with Crippen molar-refractivity contribution in [3.8, 4) is 0 Å². The highest BCUT2D eigenvalue weighted by molar-refractivity contribution is 5.79. The molecule has 0 radical (unpaired) electrons. The zero-order valence-electron chi connectivity index (χ0n) is 15.5. The number of aromatic nitrogens is 1. The van der Waals surface area contributed by atoms with Crippen molar-refractivity contribution in [2.24, 2.45) is 4.99 Å².